The van der Waals surface area contributed by atoms with E-state index in [1.54, 1.807) is 0 Å². The molecule has 0 radical (unpaired) electrons. The number of hydrogen-bond acceptors (Lipinski definition) is 45. The Hall–Kier alpha value is -12.5. The Morgan fingerprint density at radius 2 is 0.628 bits per heavy atom. The van der Waals surface area contributed by atoms with E-state index in [0.717, 1.165) is 34.4 Å². The molecule has 11 aromatic heterocycles. The highest BCUT2D eigenvalue weighted by molar-refractivity contribution is 7.48. The van der Waals surface area contributed by atoms with Crippen molar-refractivity contribution in [2.45, 2.75) is 162 Å². The summed E-state index contributed by atoms with van der Waals surface area (Å²) in [5.74, 6) is -1.47. The van der Waals surface area contributed by atoms with Gasteiger partial charge in [-0.05, 0) is 23.6 Å². The number of nitrogen functional groups attached to an aromatic ring is 5. The second-order valence-electron chi connectivity index (χ2n) is 34.1. The molecule has 14 aromatic rings. The minimum Gasteiger partial charge on any atom is -0.390 e. The van der Waals surface area contributed by atoms with Crippen LogP contribution in [0.3, 0.4) is 0 Å². The minimum atomic E-state index is -5.71. The summed E-state index contributed by atoms with van der Waals surface area (Å²) in [6, 6.07) is 27.4. The molecule has 20 rings (SSSR count). The van der Waals surface area contributed by atoms with E-state index in [9.17, 15) is 81.2 Å². The number of anilines is 5. The number of phosphoric ester groups is 5. The molecule has 21 N–H and O–H groups in total. The van der Waals surface area contributed by atoms with Crippen LogP contribution in [0.4, 0.5) is 29.6 Å². The Morgan fingerprint density at radius 3 is 0.952 bits per heavy atom. The molecule has 0 aliphatic carbocycles. The summed E-state index contributed by atoms with van der Waals surface area (Å²) in [5, 5.41) is 11.1. The van der Waals surface area contributed by atoms with E-state index in [1.807, 2.05) is 91.0 Å². The molecule has 6 saturated heterocycles. The highest BCUT2D eigenvalue weighted by Gasteiger charge is 2.53. The molecule has 0 saturated carbocycles. The first-order valence-corrected chi connectivity index (χ1v) is 51.6. The van der Waals surface area contributed by atoms with E-state index >= 15 is 0 Å². The van der Waals surface area contributed by atoms with Crippen LogP contribution in [-0.2, 0) is 107 Å². The van der Waals surface area contributed by atoms with Crippen molar-refractivity contribution in [3.63, 3.8) is 0 Å². The summed E-state index contributed by atoms with van der Waals surface area (Å²) < 4.78 is 183. The van der Waals surface area contributed by atoms with E-state index in [1.165, 1.54) is 44.0 Å². The summed E-state index contributed by atoms with van der Waals surface area (Å²) in [4.78, 5) is 195. The number of aryl methyl sites for hydroxylation is 1. The highest BCUT2D eigenvalue weighted by atomic mass is 31.2. The fourth-order valence-electron chi connectivity index (χ4n) is 18.0. The van der Waals surface area contributed by atoms with Crippen LogP contribution >= 0.6 is 39.1 Å². The Labute approximate surface area is 808 Å². The average molecular weight is 2110 g/mol. The molecule has 6 aliphatic rings. The van der Waals surface area contributed by atoms with Gasteiger partial charge in [-0.3, -0.25) is 122 Å². The van der Waals surface area contributed by atoms with Crippen LogP contribution in [0.15, 0.2) is 164 Å². The number of nitrogens with two attached hydrogens (primary N) is 5. The number of fused-ring (bicyclic) bond motifs is 5. The number of hydrogen-bond donors (Lipinski definition) is 16. The molecule has 0 bridgehead atoms. The van der Waals surface area contributed by atoms with Gasteiger partial charge in [0.2, 0.25) is 23.8 Å². The zero-order valence-corrected chi connectivity index (χ0v) is 79.4. The Balaban J connectivity index is 0.541. The maximum atomic E-state index is 14.9. The third-order valence-corrected chi connectivity index (χ3v) is 29.7. The number of aliphatic hydroxyl groups excluding tert-OH is 1. The first-order valence-electron chi connectivity index (χ1n) is 44.1. The number of rotatable bonds is 37. The molecule has 61 nitrogen and oxygen atoms in total. The minimum absolute atomic E-state index is 0.00124. The van der Waals surface area contributed by atoms with Gasteiger partial charge in [-0.15, -0.1) is 0 Å². The second-order valence-corrected chi connectivity index (χ2v) is 41.1. The maximum absolute atomic E-state index is 14.9. The van der Waals surface area contributed by atoms with Crippen molar-refractivity contribution < 1.29 is 131 Å². The highest BCUT2D eigenvalue weighted by Crippen LogP contribution is 2.58. The van der Waals surface area contributed by atoms with Gasteiger partial charge in [0.1, 0.15) is 122 Å². The van der Waals surface area contributed by atoms with E-state index in [4.69, 9.17) is 107 Å². The zero-order valence-electron chi connectivity index (χ0n) is 74.9. The number of aromatic nitrogens is 22. The number of ether oxygens (including phenoxy) is 7. The van der Waals surface area contributed by atoms with Crippen molar-refractivity contribution in [3.8, 4) is 0 Å². The van der Waals surface area contributed by atoms with Crippen LogP contribution in [-0.4, -0.2) is 250 Å². The van der Waals surface area contributed by atoms with Crippen molar-refractivity contribution in [3.05, 3.63) is 220 Å². The Bertz CT molecular complexity index is 7790. The monoisotopic (exact) mass is 2110 g/mol. The Kier molecular flexibility index (Phi) is 27.3. The molecule has 145 heavy (non-hydrogen) atoms. The number of H-pyrrole nitrogens is 5. The van der Waals surface area contributed by atoms with Gasteiger partial charge in [-0.25, -0.2) is 62.5 Å². The van der Waals surface area contributed by atoms with Crippen LogP contribution in [0.25, 0.3) is 55.8 Å². The lowest BCUT2D eigenvalue weighted by Gasteiger charge is -2.37. The predicted octanol–water partition coefficient (Wildman–Crippen LogP) is 1.73. The largest absolute Gasteiger partial charge is 0.472 e. The third kappa shape index (κ3) is 20.8. The number of benzene rings is 3. The summed E-state index contributed by atoms with van der Waals surface area (Å²) >= 11 is 0. The molecule has 66 heteroatoms. The number of aliphatic hydroxyl groups is 1. The van der Waals surface area contributed by atoms with Gasteiger partial charge < -0.3 is 91.4 Å². The summed E-state index contributed by atoms with van der Waals surface area (Å²) in [6.45, 7) is -4.14. The first kappa shape index (κ1) is 99.8. The quantitative estimate of drug-likeness (QED) is 0.0195. The van der Waals surface area contributed by atoms with E-state index in [2.05, 4.69) is 79.7 Å². The Morgan fingerprint density at radius 1 is 0.352 bits per heavy atom. The molecule has 23 atom stereocenters. The van der Waals surface area contributed by atoms with Crippen LogP contribution in [0.5, 0.6) is 0 Å². The number of nitrogens with zero attached hydrogens (tertiary/aromatic N) is 17. The lowest BCUT2D eigenvalue weighted by Crippen LogP contribution is -2.38. The predicted molar refractivity (Wildman–Crippen MR) is 492 cm³/mol. The fourth-order valence-corrected chi connectivity index (χ4v) is 22.8. The van der Waals surface area contributed by atoms with E-state index < -0.39 is 260 Å². The number of imidazole rings is 5. The SMILES string of the molecule is Cc1cn([C@H]2C[C@H](OP(=O)(O)OC[C@H]3O[C@@H](n4cnc5c(=O)[nH]c(N)nc54)C[C@@H]3OP(=O)(O)OC[C@H]3O[C@@H](n4cnc5c(=O)[nH]c(N)nc54)C[C@@H]3OP(=O)(O)OC[C@H]3O[C@@H](n4cnc5c(=O)[nH]c(N)nc54)C[C@@H]3OP(=O)(O)OC[C@H]3O[C@@H](n4cnc5c(N)ncnc54)C[C@@H]3OP(=O)(O)OC[C@H]3O[C@@H](n4cnc5c(=O)[nH]c(N)nc54)C[C@@H]3O)[C@@H](COC(c3ccccc3)(c3ccccc3)c3ccccc3)O2)c(=O)[nH]c1=O. The van der Waals surface area contributed by atoms with E-state index in [0.29, 0.717) is 16.7 Å². The van der Waals surface area contributed by atoms with Gasteiger partial charge in [-0.1, -0.05) is 91.0 Å². The lowest BCUT2D eigenvalue weighted by atomic mass is 9.80. The molecule has 6 aliphatic heterocycles. The maximum Gasteiger partial charge on any atom is 0.472 e. The van der Waals surface area contributed by atoms with Crippen molar-refractivity contribution in [1.29, 1.82) is 0 Å². The summed E-state index contributed by atoms with van der Waals surface area (Å²) in [5.41, 5.74) is 24.5. The fraction of sp³-hybridized carbons (Fsp3) is 0.405. The van der Waals surface area contributed by atoms with Crippen LogP contribution in [0.2, 0.25) is 0 Å². The molecule has 0 spiro atoms. The normalized spacial score (nSPS) is 26.8. The molecular weight excluding hydrogens is 2030 g/mol. The van der Waals surface area contributed by atoms with Gasteiger partial charge >= 0.3 is 44.8 Å². The van der Waals surface area contributed by atoms with Crippen LogP contribution in [0, 0.1) is 6.92 Å². The van der Waals surface area contributed by atoms with Crippen molar-refractivity contribution in [2.24, 2.45) is 0 Å². The molecule has 5 unspecified atom stereocenters. The molecule has 0 amide bonds. The molecule has 6 fully saturated rings. The molecule has 768 valence electrons. The first-order chi connectivity index (χ1) is 69.2. The smallest absolute Gasteiger partial charge is 0.390 e. The van der Waals surface area contributed by atoms with Gasteiger partial charge in [0.05, 0.1) is 77.4 Å². The standard InChI is InChI=1S/C79H88N27O34P5/c1-36-23-101(78(113)100-69(36)108)53-18-41(47(131-53)24-124-79(37-11-5-2-6-12-37,38-13-7-3-8-14-38)39-15-9-4-10-16-39)136-142(116,117)126-27-49-43(20-55(133-49)104-33-89-60-66(104)93-75(82)97-71(60)110)139-144(120,121)128-29-51-45(22-57(135-51)106-35-91-62-68(106)95-77(84)99-73(62)112)140-145(122,123)129-28-50-44(21-56(134-50)105-34-90-61-67(105)94-76(83)98-72(61)111)138-143(118,119)127-26-48-42(19-54(132-48)102-31-87-58-63(80)85-30-86-64(58)102)137-141(114,115)125-25-46-40(107)17-52(130-46)103-32-88-59-65(103)92-74(81)96-70(59)109/h2-16,23,30-35,40-57,107H,17-22,24-29H2,1H3,(H,114,115)(H,116,117)(H,118,119)(H,120,121)(H,122,123)(H2,80,85,86)(H,100,108,113)(H3,81,92,96,109)(H3,82,93,97,110)(H3,83,94,98,111)(H3,84,95,99,112)/t40-,41-,42-,43-,44-,45-,46+,47+,48+,49+,50+,51+,52+,53+,54+,55+,56+,57+/m0/s1. The second kappa shape index (κ2) is 39.7. The van der Waals surface area contributed by atoms with Gasteiger partial charge in [0.15, 0.2) is 56.1 Å². The van der Waals surface area contributed by atoms with E-state index in [-0.39, 0.29) is 98.4 Å². The van der Waals surface area contributed by atoms with Crippen molar-refractivity contribution >= 4 is 125 Å². The topological polar surface area (TPSA) is 846 Å². The number of phosphoric acid groups is 5. The third-order valence-electron chi connectivity index (χ3n) is 24.7. The molecule has 17 heterocycles. The summed E-state index contributed by atoms with van der Waals surface area (Å²) in [6.07, 6.45) is -21.8. The van der Waals surface area contributed by atoms with Crippen LogP contribution < -0.4 is 62.2 Å². The molecular formula is C79H88N27O34P5. The zero-order chi connectivity index (χ0) is 102. The lowest BCUT2D eigenvalue weighted by molar-refractivity contribution is -0.0952. The van der Waals surface area contributed by atoms with Crippen molar-refractivity contribution in [2.75, 3.05) is 68.3 Å². The van der Waals surface area contributed by atoms with Crippen molar-refractivity contribution in [1.82, 2.24) is 107 Å². The average Bonchev–Trinajstić information content (AvgIpc) is 1.63. The van der Waals surface area contributed by atoms with Gasteiger partial charge in [0.25, 0.3) is 27.8 Å². The van der Waals surface area contributed by atoms with Gasteiger partial charge in [-0.2, -0.15) is 19.9 Å². The van der Waals surface area contributed by atoms with Gasteiger partial charge in [0, 0.05) is 50.3 Å². The van der Waals surface area contributed by atoms with Crippen LogP contribution in [0.1, 0.15) is 98.1 Å². The number of aromatic amines is 5. The molecule has 3 aromatic carbocycles. The summed E-state index contributed by atoms with van der Waals surface area (Å²) in [7, 11) is -27.9. The number of nitrogens with one attached hydrogen (secondary N) is 5.